The van der Waals surface area contributed by atoms with Crippen LogP contribution in [0.2, 0.25) is 0 Å². The monoisotopic (exact) mass is 155 g/mol. The van der Waals surface area contributed by atoms with E-state index in [1.54, 1.807) is 0 Å². The van der Waals surface area contributed by atoms with Crippen molar-refractivity contribution in [3.63, 3.8) is 0 Å². The van der Waals surface area contributed by atoms with Gasteiger partial charge in [0.1, 0.15) is 0 Å². The van der Waals surface area contributed by atoms with Crippen molar-refractivity contribution in [1.82, 2.24) is 0 Å². The number of rotatable bonds is 1. The molecule has 0 radical (unpaired) electrons. The van der Waals surface area contributed by atoms with Crippen LogP contribution in [0.15, 0.2) is 0 Å². The Labute approximate surface area is 70.4 Å². The van der Waals surface area contributed by atoms with Gasteiger partial charge in [-0.3, -0.25) is 0 Å². The van der Waals surface area contributed by atoms with Crippen LogP contribution in [0.3, 0.4) is 0 Å². The predicted octanol–water partition coefficient (Wildman–Crippen LogP) is 2.41. The lowest BCUT2D eigenvalue weighted by atomic mass is 9.75. The molecule has 1 saturated carbocycles. The first kappa shape index (κ1) is 9.05. The van der Waals surface area contributed by atoms with Crippen LogP contribution < -0.4 is 5.73 Å². The van der Waals surface area contributed by atoms with Crippen LogP contribution in [0, 0.1) is 17.8 Å². The van der Waals surface area contributed by atoms with Crippen LogP contribution in [0.5, 0.6) is 0 Å². The van der Waals surface area contributed by atoms with Crippen molar-refractivity contribution < 1.29 is 0 Å². The van der Waals surface area contributed by atoms with Crippen LogP contribution in [-0.4, -0.2) is 6.04 Å². The highest BCUT2D eigenvalue weighted by molar-refractivity contribution is 4.80. The van der Waals surface area contributed by atoms with Gasteiger partial charge in [0.05, 0.1) is 0 Å². The van der Waals surface area contributed by atoms with Crippen LogP contribution in [0.25, 0.3) is 0 Å². The van der Waals surface area contributed by atoms with Gasteiger partial charge in [0.25, 0.3) is 0 Å². The van der Waals surface area contributed by atoms with Crippen molar-refractivity contribution in [2.24, 2.45) is 23.5 Å². The molecule has 0 aromatic carbocycles. The zero-order valence-electron chi connectivity index (χ0n) is 8.01. The fraction of sp³-hybridized carbons (Fsp3) is 1.00. The van der Waals surface area contributed by atoms with E-state index in [2.05, 4.69) is 20.8 Å². The average molecular weight is 155 g/mol. The van der Waals surface area contributed by atoms with Crippen LogP contribution in [-0.2, 0) is 0 Å². The Kier molecular flexibility index (Phi) is 2.94. The lowest BCUT2D eigenvalue weighted by molar-refractivity contribution is 0.204. The summed E-state index contributed by atoms with van der Waals surface area (Å²) in [6.07, 6.45) is 3.89. The minimum Gasteiger partial charge on any atom is -0.328 e. The third-order valence-corrected chi connectivity index (χ3v) is 2.96. The van der Waals surface area contributed by atoms with Crippen molar-refractivity contribution in [3.8, 4) is 0 Å². The predicted molar refractivity (Wildman–Crippen MR) is 49.3 cm³/mol. The maximum Gasteiger partial charge on any atom is 0.00441 e. The molecule has 0 saturated heterocycles. The summed E-state index contributed by atoms with van der Waals surface area (Å²) in [4.78, 5) is 0. The third-order valence-electron chi connectivity index (χ3n) is 2.96. The molecule has 1 aliphatic carbocycles. The third kappa shape index (κ3) is 2.48. The largest absolute Gasteiger partial charge is 0.328 e. The molecule has 0 spiro atoms. The Morgan fingerprint density at radius 3 is 2.27 bits per heavy atom. The molecule has 0 unspecified atom stereocenters. The molecule has 2 N–H and O–H groups in total. The summed E-state index contributed by atoms with van der Waals surface area (Å²) in [5, 5.41) is 0. The van der Waals surface area contributed by atoms with E-state index in [4.69, 9.17) is 5.73 Å². The Bertz CT molecular complexity index is 110. The molecule has 0 heterocycles. The molecule has 0 amide bonds. The second-order valence-electron chi connectivity index (χ2n) is 4.58. The van der Waals surface area contributed by atoms with Crippen molar-refractivity contribution in [2.45, 2.75) is 46.1 Å². The molecule has 1 rings (SSSR count). The van der Waals surface area contributed by atoms with E-state index >= 15 is 0 Å². The standard InChI is InChI=1S/C10H21N/c1-7(2)9-4-8(3)5-10(11)6-9/h7-10H,4-6,11H2,1-3H3/t8-,9-,10-/m0/s1. The van der Waals surface area contributed by atoms with Crippen molar-refractivity contribution in [2.75, 3.05) is 0 Å². The van der Waals surface area contributed by atoms with E-state index in [0.717, 1.165) is 17.8 Å². The van der Waals surface area contributed by atoms with Crippen LogP contribution in [0.1, 0.15) is 40.0 Å². The van der Waals surface area contributed by atoms with E-state index in [0.29, 0.717) is 6.04 Å². The Morgan fingerprint density at radius 1 is 1.18 bits per heavy atom. The SMILES string of the molecule is CC(C)[C@H]1C[C@H](C)C[C@H](N)C1. The molecule has 0 aliphatic heterocycles. The maximum absolute atomic E-state index is 5.95. The summed E-state index contributed by atoms with van der Waals surface area (Å²) in [6, 6.07) is 0.478. The second kappa shape index (κ2) is 3.57. The normalized spacial score (nSPS) is 39.5. The zero-order valence-corrected chi connectivity index (χ0v) is 8.01. The Hall–Kier alpha value is -0.0400. The number of hydrogen-bond donors (Lipinski definition) is 1. The molecule has 1 fully saturated rings. The summed E-state index contributed by atoms with van der Waals surface area (Å²) in [5.74, 6) is 2.56. The lowest BCUT2D eigenvalue weighted by Gasteiger charge is -2.33. The highest BCUT2D eigenvalue weighted by atomic mass is 14.6. The molecule has 1 aliphatic rings. The topological polar surface area (TPSA) is 26.0 Å². The Morgan fingerprint density at radius 2 is 1.82 bits per heavy atom. The van der Waals surface area contributed by atoms with Gasteiger partial charge < -0.3 is 5.73 Å². The molecule has 11 heavy (non-hydrogen) atoms. The van der Waals surface area contributed by atoms with Gasteiger partial charge in [0.15, 0.2) is 0 Å². The first-order chi connectivity index (χ1) is 5.09. The van der Waals surface area contributed by atoms with Gasteiger partial charge in [-0.05, 0) is 37.0 Å². The minimum atomic E-state index is 0.478. The van der Waals surface area contributed by atoms with Gasteiger partial charge >= 0.3 is 0 Å². The second-order valence-corrected chi connectivity index (χ2v) is 4.58. The summed E-state index contributed by atoms with van der Waals surface area (Å²) in [7, 11) is 0. The minimum absolute atomic E-state index is 0.478. The van der Waals surface area contributed by atoms with E-state index in [1.165, 1.54) is 19.3 Å². The van der Waals surface area contributed by atoms with Crippen molar-refractivity contribution in [1.29, 1.82) is 0 Å². The Balaban J connectivity index is 2.43. The summed E-state index contributed by atoms with van der Waals surface area (Å²) in [5.41, 5.74) is 5.95. The van der Waals surface area contributed by atoms with Gasteiger partial charge in [-0.25, -0.2) is 0 Å². The van der Waals surface area contributed by atoms with Crippen molar-refractivity contribution >= 4 is 0 Å². The molecular weight excluding hydrogens is 134 g/mol. The van der Waals surface area contributed by atoms with Crippen molar-refractivity contribution in [3.05, 3.63) is 0 Å². The van der Waals surface area contributed by atoms with Gasteiger partial charge in [-0.2, -0.15) is 0 Å². The summed E-state index contributed by atoms with van der Waals surface area (Å²) >= 11 is 0. The zero-order chi connectivity index (χ0) is 8.43. The number of nitrogens with two attached hydrogens (primary N) is 1. The van der Waals surface area contributed by atoms with E-state index in [9.17, 15) is 0 Å². The first-order valence-corrected chi connectivity index (χ1v) is 4.85. The molecule has 0 aromatic rings. The highest BCUT2D eigenvalue weighted by Gasteiger charge is 2.25. The number of hydrogen-bond acceptors (Lipinski definition) is 1. The molecule has 0 aromatic heterocycles. The van der Waals surface area contributed by atoms with Gasteiger partial charge in [0, 0.05) is 6.04 Å². The van der Waals surface area contributed by atoms with E-state index in [-0.39, 0.29) is 0 Å². The molecule has 1 nitrogen and oxygen atoms in total. The lowest BCUT2D eigenvalue weighted by Crippen LogP contribution is -2.33. The molecular formula is C10H21N. The molecule has 1 heteroatoms. The van der Waals surface area contributed by atoms with Gasteiger partial charge in [0.2, 0.25) is 0 Å². The first-order valence-electron chi connectivity index (χ1n) is 4.85. The van der Waals surface area contributed by atoms with Gasteiger partial charge in [-0.15, -0.1) is 0 Å². The van der Waals surface area contributed by atoms with E-state index < -0.39 is 0 Å². The molecule has 66 valence electrons. The van der Waals surface area contributed by atoms with Crippen LogP contribution in [0.4, 0.5) is 0 Å². The fourth-order valence-corrected chi connectivity index (χ4v) is 2.26. The van der Waals surface area contributed by atoms with E-state index in [1.807, 2.05) is 0 Å². The molecule has 3 atom stereocenters. The van der Waals surface area contributed by atoms with Crippen LogP contribution >= 0.6 is 0 Å². The summed E-state index contributed by atoms with van der Waals surface area (Å²) < 4.78 is 0. The fourth-order valence-electron chi connectivity index (χ4n) is 2.26. The smallest absolute Gasteiger partial charge is 0.00441 e. The maximum atomic E-state index is 5.95. The quantitative estimate of drug-likeness (QED) is 0.618. The molecule has 0 bridgehead atoms. The summed E-state index contributed by atoms with van der Waals surface area (Å²) in [6.45, 7) is 6.96. The average Bonchev–Trinajstić information content (AvgIpc) is 1.85. The highest BCUT2D eigenvalue weighted by Crippen LogP contribution is 2.32. The van der Waals surface area contributed by atoms with Gasteiger partial charge in [-0.1, -0.05) is 20.8 Å².